The predicted octanol–water partition coefficient (Wildman–Crippen LogP) is 1.65. The van der Waals surface area contributed by atoms with E-state index in [1.165, 1.54) is 12.8 Å². The largest absolute Gasteiger partial charge is 0.480 e. The maximum Gasteiger partial charge on any atom is 0.320 e. The number of unbranched alkanes of at least 4 members (excludes halogenated alkanes) is 1. The highest BCUT2D eigenvalue weighted by Gasteiger charge is 2.13. The molecule has 0 aromatic rings. The molecule has 1 heterocycles. The molecule has 0 amide bonds. The quantitative estimate of drug-likeness (QED) is 0.628. The third kappa shape index (κ3) is 6.00. The maximum atomic E-state index is 10.6. The zero-order valence-corrected chi connectivity index (χ0v) is 11.0. The molecule has 0 saturated heterocycles. The number of amidine groups is 1. The summed E-state index contributed by atoms with van der Waals surface area (Å²) in [4.78, 5) is 15.1. The van der Waals surface area contributed by atoms with Gasteiger partial charge in [-0.05, 0) is 25.7 Å². The molecule has 0 aromatic heterocycles. The topological polar surface area (TPSA) is 102 Å². The minimum absolute atomic E-state index is 0.325. The lowest BCUT2D eigenvalue weighted by atomic mass is 9.99. The Kier molecular flexibility index (Phi) is 6.72. The molecule has 0 spiro atoms. The van der Waals surface area contributed by atoms with E-state index in [1.54, 1.807) is 0 Å². The van der Waals surface area contributed by atoms with E-state index in [2.05, 4.69) is 4.99 Å². The Morgan fingerprint density at radius 1 is 1.39 bits per heavy atom. The molecule has 0 aromatic carbocycles. The minimum Gasteiger partial charge on any atom is -0.480 e. The third-order valence-electron chi connectivity index (χ3n) is 3.44. The number of nitrogens with zero attached hydrogens (tertiary/aromatic N) is 1. The zero-order chi connectivity index (χ0) is 13.4. The molecule has 0 fully saturated rings. The van der Waals surface area contributed by atoms with Crippen LogP contribution in [0.25, 0.3) is 0 Å². The van der Waals surface area contributed by atoms with E-state index in [-0.39, 0.29) is 0 Å². The van der Waals surface area contributed by atoms with Crippen LogP contribution < -0.4 is 11.5 Å². The summed E-state index contributed by atoms with van der Waals surface area (Å²) in [5.41, 5.74) is 11.3. The number of carboxylic acid groups (broad SMARTS) is 1. The summed E-state index contributed by atoms with van der Waals surface area (Å²) in [6.45, 7) is 0. The summed E-state index contributed by atoms with van der Waals surface area (Å²) in [5, 5.41) is 8.67. The number of aliphatic imine (C=N–C) groups is 1. The van der Waals surface area contributed by atoms with Gasteiger partial charge in [0.2, 0.25) is 0 Å². The van der Waals surface area contributed by atoms with Crippen molar-refractivity contribution in [3.05, 3.63) is 0 Å². The van der Waals surface area contributed by atoms with Crippen LogP contribution in [0.4, 0.5) is 0 Å². The monoisotopic (exact) mass is 255 g/mol. The molecule has 0 saturated carbocycles. The summed E-state index contributed by atoms with van der Waals surface area (Å²) < 4.78 is 0. The molecule has 1 aliphatic rings. The Balaban J connectivity index is 2.22. The number of rotatable bonds is 6. The average Bonchev–Trinajstić information content (AvgIpc) is 2.29. The van der Waals surface area contributed by atoms with Crippen molar-refractivity contribution in [2.45, 2.75) is 69.9 Å². The molecular weight excluding hydrogens is 230 g/mol. The molecule has 1 aliphatic heterocycles. The highest BCUT2D eigenvalue weighted by atomic mass is 16.4. The van der Waals surface area contributed by atoms with Crippen LogP contribution in [0, 0.1) is 0 Å². The van der Waals surface area contributed by atoms with Crippen molar-refractivity contribution in [1.29, 1.82) is 0 Å². The van der Waals surface area contributed by atoms with Crippen LogP contribution in [0.5, 0.6) is 0 Å². The molecule has 5 heteroatoms. The van der Waals surface area contributed by atoms with Crippen LogP contribution in [0.2, 0.25) is 0 Å². The van der Waals surface area contributed by atoms with Gasteiger partial charge in [-0.3, -0.25) is 9.79 Å². The Morgan fingerprint density at radius 2 is 2.17 bits per heavy atom. The molecule has 104 valence electrons. The van der Waals surface area contributed by atoms with Crippen molar-refractivity contribution in [1.82, 2.24) is 0 Å². The maximum absolute atomic E-state index is 10.6. The van der Waals surface area contributed by atoms with Crippen molar-refractivity contribution >= 4 is 11.8 Å². The van der Waals surface area contributed by atoms with Crippen molar-refractivity contribution < 1.29 is 9.90 Å². The summed E-state index contributed by atoms with van der Waals surface area (Å²) >= 11 is 0. The van der Waals surface area contributed by atoms with Gasteiger partial charge >= 0.3 is 5.97 Å². The molecule has 1 rings (SSSR count). The molecule has 0 bridgehead atoms. The van der Waals surface area contributed by atoms with E-state index in [1.807, 2.05) is 0 Å². The lowest BCUT2D eigenvalue weighted by Crippen LogP contribution is -2.29. The first-order valence-electron chi connectivity index (χ1n) is 6.90. The summed E-state index contributed by atoms with van der Waals surface area (Å²) in [5.74, 6) is -0.134. The normalized spacial score (nSPS) is 22.7. The third-order valence-corrected chi connectivity index (χ3v) is 3.44. The van der Waals surface area contributed by atoms with Crippen molar-refractivity contribution in [2.75, 3.05) is 0 Å². The summed E-state index contributed by atoms with van der Waals surface area (Å²) in [6, 6.07) is -0.401. The highest BCUT2D eigenvalue weighted by Crippen LogP contribution is 2.17. The second-order valence-corrected chi connectivity index (χ2v) is 5.10. The summed E-state index contributed by atoms with van der Waals surface area (Å²) in [7, 11) is 0. The number of nitrogens with two attached hydrogens (primary N) is 2. The van der Waals surface area contributed by atoms with Crippen LogP contribution in [-0.2, 0) is 4.79 Å². The zero-order valence-electron chi connectivity index (χ0n) is 11.0. The van der Waals surface area contributed by atoms with Crippen LogP contribution in [0.3, 0.4) is 0 Å². The first kappa shape index (κ1) is 15.0. The van der Waals surface area contributed by atoms with E-state index < -0.39 is 12.0 Å². The van der Waals surface area contributed by atoms with Crippen LogP contribution in [0.15, 0.2) is 4.99 Å². The Morgan fingerprint density at radius 3 is 2.89 bits per heavy atom. The van der Waals surface area contributed by atoms with Gasteiger partial charge in [-0.2, -0.15) is 0 Å². The number of hydrogen-bond acceptors (Lipinski definition) is 4. The Hall–Kier alpha value is -1.10. The van der Waals surface area contributed by atoms with Gasteiger partial charge in [-0.25, -0.2) is 0 Å². The second kappa shape index (κ2) is 8.08. The van der Waals surface area contributed by atoms with E-state index in [9.17, 15) is 4.79 Å². The van der Waals surface area contributed by atoms with E-state index in [0.29, 0.717) is 12.5 Å². The SMILES string of the molecule is NC1=N[C@@H](CCCCC(N)C(=O)O)CCCCC1. The van der Waals surface area contributed by atoms with Gasteiger partial charge in [-0.1, -0.05) is 25.7 Å². The number of hydrogen-bond donors (Lipinski definition) is 3. The smallest absolute Gasteiger partial charge is 0.320 e. The van der Waals surface area contributed by atoms with Crippen molar-refractivity contribution in [3.63, 3.8) is 0 Å². The summed E-state index contributed by atoms with van der Waals surface area (Å²) in [6.07, 6.45) is 8.98. The molecular formula is C13H25N3O2. The molecule has 0 aliphatic carbocycles. The van der Waals surface area contributed by atoms with Crippen LogP contribution in [0.1, 0.15) is 57.8 Å². The number of carbonyl (C=O) groups is 1. The first-order chi connectivity index (χ1) is 8.59. The second-order valence-electron chi connectivity index (χ2n) is 5.10. The highest BCUT2D eigenvalue weighted by molar-refractivity contribution is 5.80. The van der Waals surface area contributed by atoms with E-state index >= 15 is 0 Å². The van der Waals surface area contributed by atoms with Gasteiger partial charge < -0.3 is 16.6 Å². The van der Waals surface area contributed by atoms with Gasteiger partial charge in [0.15, 0.2) is 0 Å². The minimum atomic E-state index is -0.914. The fourth-order valence-corrected chi connectivity index (χ4v) is 2.30. The van der Waals surface area contributed by atoms with Gasteiger partial charge in [0.1, 0.15) is 6.04 Å². The molecule has 2 atom stereocenters. The van der Waals surface area contributed by atoms with Gasteiger partial charge in [-0.15, -0.1) is 0 Å². The molecule has 1 unspecified atom stereocenters. The van der Waals surface area contributed by atoms with Crippen LogP contribution >= 0.6 is 0 Å². The number of aliphatic carboxylic acids is 1. The van der Waals surface area contributed by atoms with Gasteiger partial charge in [0.05, 0.1) is 11.9 Å². The van der Waals surface area contributed by atoms with E-state index in [0.717, 1.165) is 44.4 Å². The predicted molar refractivity (Wildman–Crippen MR) is 72.6 cm³/mol. The lowest BCUT2D eigenvalue weighted by Gasteiger charge is -2.16. The molecule has 18 heavy (non-hydrogen) atoms. The lowest BCUT2D eigenvalue weighted by molar-refractivity contribution is -0.138. The standard InChI is InChI=1S/C13H25N3O2/c14-11(13(17)18)8-5-4-7-10-6-2-1-3-9-12(15)16-10/h10-11H,1-9,14H2,(H2,15,16)(H,17,18)/t10-,11?/m1/s1. The van der Waals surface area contributed by atoms with Crippen LogP contribution in [-0.4, -0.2) is 29.0 Å². The molecule has 5 N–H and O–H groups in total. The fraction of sp³-hybridized carbons (Fsp3) is 0.846. The van der Waals surface area contributed by atoms with Crippen molar-refractivity contribution in [3.8, 4) is 0 Å². The molecule has 5 nitrogen and oxygen atoms in total. The first-order valence-corrected chi connectivity index (χ1v) is 6.90. The molecule has 0 radical (unpaired) electrons. The van der Waals surface area contributed by atoms with E-state index in [4.69, 9.17) is 16.6 Å². The average molecular weight is 255 g/mol. The Labute approximate surface area is 109 Å². The Bertz CT molecular complexity index is 292. The number of carboxylic acids is 1. The fourth-order valence-electron chi connectivity index (χ4n) is 2.30. The van der Waals surface area contributed by atoms with Gasteiger partial charge in [0.25, 0.3) is 0 Å². The van der Waals surface area contributed by atoms with Gasteiger partial charge in [0, 0.05) is 6.42 Å². The van der Waals surface area contributed by atoms with Crippen molar-refractivity contribution in [2.24, 2.45) is 16.5 Å².